The number of rotatable bonds is 5. The summed E-state index contributed by atoms with van der Waals surface area (Å²) in [4.78, 5) is 29.1. The smallest absolute Gasteiger partial charge is 0.281 e. The Morgan fingerprint density at radius 1 is 1.27 bits per heavy atom. The van der Waals surface area contributed by atoms with E-state index in [1.807, 2.05) is 5.38 Å². The molecule has 1 aliphatic heterocycles. The number of hydrogen-bond donors (Lipinski definition) is 3. The van der Waals surface area contributed by atoms with Crippen molar-refractivity contribution in [3.8, 4) is 0 Å². The summed E-state index contributed by atoms with van der Waals surface area (Å²) >= 11 is 1.39. The predicted molar refractivity (Wildman–Crippen MR) is 97.4 cm³/mol. The summed E-state index contributed by atoms with van der Waals surface area (Å²) in [6.07, 6.45) is 3.04. The number of nitrogens with zero attached hydrogens (tertiary/aromatic N) is 1. The normalized spacial score (nSPS) is 22.6. The van der Waals surface area contributed by atoms with E-state index >= 15 is 0 Å². The van der Waals surface area contributed by atoms with Gasteiger partial charge in [0.15, 0.2) is 11.7 Å². The summed E-state index contributed by atoms with van der Waals surface area (Å²) in [6.45, 7) is 3.33. The number of carbonyl (C=O) groups is 2. The average Bonchev–Trinajstić information content (AvgIpc) is 3.09. The zero-order valence-electron chi connectivity index (χ0n) is 14.5. The first-order valence-corrected chi connectivity index (χ1v) is 9.42. The quantitative estimate of drug-likeness (QED) is 0.726. The molecule has 0 bridgehead atoms. The van der Waals surface area contributed by atoms with Gasteiger partial charge in [0.2, 0.25) is 5.91 Å². The van der Waals surface area contributed by atoms with Crippen LogP contribution < -0.4 is 15.5 Å². The molecule has 2 heterocycles. The molecule has 0 saturated carbocycles. The SMILES string of the molecule is CC(=O)NC1(c2ccc(F)cc2)CC[NH+](CC(=O)Nc2nccs2)CC1. The van der Waals surface area contributed by atoms with Gasteiger partial charge in [-0.2, -0.15) is 0 Å². The van der Waals surface area contributed by atoms with Crippen LogP contribution in [-0.4, -0.2) is 36.4 Å². The van der Waals surface area contributed by atoms with Gasteiger partial charge in [-0.15, -0.1) is 11.3 Å². The van der Waals surface area contributed by atoms with E-state index in [2.05, 4.69) is 15.6 Å². The van der Waals surface area contributed by atoms with Crippen LogP contribution in [0, 0.1) is 5.82 Å². The molecule has 1 aromatic heterocycles. The van der Waals surface area contributed by atoms with Crippen LogP contribution in [0.5, 0.6) is 0 Å². The zero-order valence-corrected chi connectivity index (χ0v) is 15.4. The van der Waals surface area contributed by atoms with Crippen molar-refractivity contribution in [2.45, 2.75) is 25.3 Å². The summed E-state index contributed by atoms with van der Waals surface area (Å²) in [7, 11) is 0. The molecular formula is C18H22FN4O2S+. The third-order valence-corrected chi connectivity index (χ3v) is 5.40. The molecule has 0 radical (unpaired) electrons. The molecule has 0 atom stereocenters. The molecule has 1 aliphatic rings. The Hall–Kier alpha value is -2.32. The summed E-state index contributed by atoms with van der Waals surface area (Å²) in [5.41, 5.74) is 0.398. The van der Waals surface area contributed by atoms with Crippen molar-refractivity contribution in [1.29, 1.82) is 0 Å². The van der Waals surface area contributed by atoms with Gasteiger partial charge in [-0.3, -0.25) is 14.9 Å². The van der Waals surface area contributed by atoms with Crippen molar-refractivity contribution in [2.24, 2.45) is 0 Å². The van der Waals surface area contributed by atoms with Crippen LogP contribution in [-0.2, 0) is 15.1 Å². The molecule has 0 aliphatic carbocycles. The van der Waals surface area contributed by atoms with E-state index in [9.17, 15) is 14.0 Å². The van der Waals surface area contributed by atoms with Crippen molar-refractivity contribution in [3.63, 3.8) is 0 Å². The second kappa shape index (κ2) is 7.92. The number of hydrogen-bond acceptors (Lipinski definition) is 4. The van der Waals surface area contributed by atoms with Crippen molar-refractivity contribution in [1.82, 2.24) is 10.3 Å². The summed E-state index contributed by atoms with van der Waals surface area (Å²) < 4.78 is 13.3. The maximum Gasteiger partial charge on any atom is 0.281 e. The van der Waals surface area contributed by atoms with Gasteiger partial charge < -0.3 is 10.2 Å². The monoisotopic (exact) mass is 377 g/mol. The molecule has 2 aromatic rings. The molecule has 3 N–H and O–H groups in total. The molecule has 1 saturated heterocycles. The number of halogens is 1. The van der Waals surface area contributed by atoms with Crippen molar-refractivity contribution >= 4 is 28.3 Å². The summed E-state index contributed by atoms with van der Waals surface area (Å²) in [5, 5.41) is 8.27. The molecule has 3 rings (SSSR count). The van der Waals surface area contributed by atoms with Crippen LogP contribution in [0.15, 0.2) is 35.8 Å². The Morgan fingerprint density at radius 2 is 1.96 bits per heavy atom. The highest BCUT2D eigenvalue weighted by Crippen LogP contribution is 2.29. The molecular weight excluding hydrogens is 355 g/mol. The number of likely N-dealkylation sites (tertiary alicyclic amines) is 1. The van der Waals surface area contributed by atoms with E-state index in [0.29, 0.717) is 24.5 Å². The van der Waals surface area contributed by atoms with Gasteiger partial charge in [0.05, 0.1) is 18.6 Å². The molecule has 0 spiro atoms. The van der Waals surface area contributed by atoms with E-state index in [1.54, 1.807) is 18.3 Å². The second-order valence-corrected chi connectivity index (χ2v) is 7.48. The van der Waals surface area contributed by atoms with E-state index in [4.69, 9.17) is 0 Å². The topological polar surface area (TPSA) is 75.5 Å². The van der Waals surface area contributed by atoms with E-state index in [0.717, 1.165) is 23.6 Å². The maximum absolute atomic E-state index is 13.3. The largest absolute Gasteiger partial charge is 0.346 e. The number of amides is 2. The number of benzene rings is 1. The Labute approximate surface area is 155 Å². The fraction of sp³-hybridized carbons (Fsp3) is 0.389. The van der Waals surface area contributed by atoms with Crippen molar-refractivity contribution in [3.05, 3.63) is 47.2 Å². The molecule has 8 heteroatoms. The van der Waals surface area contributed by atoms with Gasteiger partial charge in [-0.1, -0.05) is 12.1 Å². The predicted octanol–water partition coefficient (Wildman–Crippen LogP) is 0.931. The fourth-order valence-electron chi connectivity index (χ4n) is 3.47. The van der Waals surface area contributed by atoms with Crippen LogP contribution in [0.25, 0.3) is 0 Å². The first-order chi connectivity index (χ1) is 12.5. The number of aromatic nitrogens is 1. The third-order valence-electron chi connectivity index (χ3n) is 4.71. The fourth-order valence-corrected chi connectivity index (χ4v) is 4.02. The Bertz CT molecular complexity index is 756. The highest BCUT2D eigenvalue weighted by molar-refractivity contribution is 7.13. The number of quaternary nitrogens is 1. The first-order valence-electron chi connectivity index (χ1n) is 8.54. The van der Waals surface area contributed by atoms with Crippen molar-refractivity contribution in [2.75, 3.05) is 25.0 Å². The van der Waals surface area contributed by atoms with Gasteiger partial charge >= 0.3 is 0 Å². The van der Waals surface area contributed by atoms with E-state index in [-0.39, 0.29) is 17.6 Å². The molecule has 0 unspecified atom stereocenters. The number of thiazole rings is 1. The van der Waals surface area contributed by atoms with Gasteiger partial charge in [-0.25, -0.2) is 9.37 Å². The summed E-state index contributed by atoms with van der Waals surface area (Å²) in [5.74, 6) is -0.475. The minimum atomic E-state index is -0.505. The lowest BCUT2D eigenvalue weighted by Crippen LogP contribution is -3.14. The van der Waals surface area contributed by atoms with Gasteiger partial charge in [0.1, 0.15) is 5.82 Å². The Balaban J connectivity index is 1.63. The molecule has 6 nitrogen and oxygen atoms in total. The van der Waals surface area contributed by atoms with Gasteiger partial charge in [0, 0.05) is 31.3 Å². The van der Waals surface area contributed by atoms with Gasteiger partial charge in [-0.05, 0) is 17.7 Å². The molecule has 138 valence electrons. The second-order valence-electron chi connectivity index (χ2n) is 6.58. The lowest BCUT2D eigenvalue weighted by Gasteiger charge is -2.40. The van der Waals surface area contributed by atoms with Crippen LogP contribution in [0.2, 0.25) is 0 Å². The highest BCUT2D eigenvalue weighted by Gasteiger charge is 2.39. The molecule has 26 heavy (non-hydrogen) atoms. The standard InChI is InChI=1S/C18H21FN4O2S/c1-13(24)22-18(14-2-4-15(19)5-3-14)6-9-23(10-7-18)12-16(25)21-17-20-8-11-26-17/h2-5,8,11H,6-7,9-10,12H2,1H3,(H,22,24)(H,20,21,25)/p+1. The molecule has 1 fully saturated rings. The van der Waals surface area contributed by atoms with E-state index in [1.165, 1.54) is 30.4 Å². The van der Waals surface area contributed by atoms with Crippen LogP contribution in [0.3, 0.4) is 0 Å². The lowest BCUT2D eigenvalue weighted by atomic mass is 9.80. The maximum atomic E-state index is 13.3. The number of anilines is 1. The van der Waals surface area contributed by atoms with E-state index < -0.39 is 5.54 Å². The number of piperidine rings is 1. The van der Waals surface area contributed by atoms with Gasteiger partial charge in [0.25, 0.3) is 5.91 Å². The Morgan fingerprint density at radius 3 is 2.54 bits per heavy atom. The zero-order chi connectivity index (χ0) is 18.6. The number of carbonyl (C=O) groups excluding carboxylic acids is 2. The summed E-state index contributed by atoms with van der Waals surface area (Å²) in [6, 6.07) is 6.29. The lowest BCUT2D eigenvalue weighted by molar-refractivity contribution is -0.898. The number of nitrogens with one attached hydrogen (secondary N) is 3. The minimum absolute atomic E-state index is 0.0660. The molecule has 2 amide bonds. The average molecular weight is 377 g/mol. The minimum Gasteiger partial charge on any atom is -0.346 e. The molecule has 1 aromatic carbocycles. The Kier molecular flexibility index (Phi) is 5.63. The van der Waals surface area contributed by atoms with Crippen LogP contribution in [0.4, 0.5) is 9.52 Å². The van der Waals surface area contributed by atoms with Crippen LogP contribution in [0.1, 0.15) is 25.3 Å². The van der Waals surface area contributed by atoms with Crippen LogP contribution >= 0.6 is 11.3 Å². The third kappa shape index (κ3) is 4.44. The highest BCUT2D eigenvalue weighted by atomic mass is 32.1. The van der Waals surface area contributed by atoms with Crippen molar-refractivity contribution < 1.29 is 18.9 Å². The first kappa shape index (κ1) is 18.5.